The van der Waals surface area contributed by atoms with Gasteiger partial charge in [-0.25, -0.2) is 0 Å². The molecule has 2 rings (SSSR count). The van der Waals surface area contributed by atoms with Gasteiger partial charge in [0, 0.05) is 24.5 Å². The van der Waals surface area contributed by atoms with Gasteiger partial charge in [-0.05, 0) is 12.3 Å². The predicted molar refractivity (Wildman–Crippen MR) is 77.3 cm³/mol. The molecule has 6 heteroatoms. The van der Waals surface area contributed by atoms with E-state index in [0.29, 0.717) is 17.9 Å². The monoisotopic (exact) mass is 288 g/mol. The number of nitrogens with zero attached hydrogens (tertiary/aromatic N) is 3. The van der Waals surface area contributed by atoms with Gasteiger partial charge in [-0.3, -0.25) is 4.90 Å². The summed E-state index contributed by atoms with van der Waals surface area (Å²) in [5.41, 5.74) is 5.94. The van der Waals surface area contributed by atoms with Crippen LogP contribution in [-0.2, 0) is 12.0 Å². The third-order valence-electron chi connectivity index (χ3n) is 3.53. The number of aromatic nitrogens is 2. The lowest BCUT2D eigenvalue weighted by atomic mass is 9.95. The van der Waals surface area contributed by atoms with E-state index in [-0.39, 0.29) is 17.8 Å². The van der Waals surface area contributed by atoms with Gasteiger partial charge in [-0.15, -0.1) is 12.4 Å². The summed E-state index contributed by atoms with van der Waals surface area (Å²) < 4.78 is 5.31. The van der Waals surface area contributed by atoms with Crippen molar-refractivity contribution >= 4 is 12.4 Å². The van der Waals surface area contributed by atoms with Crippen LogP contribution in [0.15, 0.2) is 4.52 Å². The molecule has 2 unspecified atom stereocenters. The van der Waals surface area contributed by atoms with Crippen LogP contribution < -0.4 is 5.73 Å². The average Bonchev–Trinajstić information content (AvgIpc) is 2.72. The summed E-state index contributed by atoms with van der Waals surface area (Å²) in [4.78, 5) is 6.82. The van der Waals surface area contributed by atoms with Crippen molar-refractivity contribution in [2.45, 2.75) is 52.1 Å². The third kappa shape index (κ3) is 4.16. The summed E-state index contributed by atoms with van der Waals surface area (Å²) in [6.45, 7) is 11.2. The van der Waals surface area contributed by atoms with Crippen molar-refractivity contribution in [1.29, 1.82) is 0 Å². The molecule has 1 aliphatic heterocycles. The Labute approximate surface area is 121 Å². The second-order valence-corrected chi connectivity index (χ2v) is 6.43. The van der Waals surface area contributed by atoms with E-state index in [2.05, 4.69) is 42.7 Å². The fourth-order valence-corrected chi connectivity index (χ4v) is 2.22. The highest BCUT2D eigenvalue weighted by molar-refractivity contribution is 5.85. The molecule has 0 radical (unpaired) electrons. The first-order valence-corrected chi connectivity index (χ1v) is 6.67. The number of halogens is 1. The zero-order chi connectivity index (χ0) is 13.3. The molecule has 19 heavy (non-hydrogen) atoms. The lowest BCUT2D eigenvalue weighted by Crippen LogP contribution is -2.45. The minimum atomic E-state index is -0.0806. The number of rotatable bonds is 2. The maximum atomic E-state index is 6.02. The molecule has 0 spiro atoms. The van der Waals surface area contributed by atoms with Gasteiger partial charge < -0.3 is 10.3 Å². The highest BCUT2D eigenvalue weighted by Crippen LogP contribution is 2.21. The Bertz CT molecular complexity index is 402. The van der Waals surface area contributed by atoms with E-state index in [1.54, 1.807) is 0 Å². The van der Waals surface area contributed by atoms with Crippen LogP contribution in [-0.4, -0.2) is 34.2 Å². The molecule has 2 N–H and O–H groups in total. The van der Waals surface area contributed by atoms with Gasteiger partial charge in [0.05, 0.1) is 6.54 Å². The van der Waals surface area contributed by atoms with E-state index >= 15 is 0 Å². The number of nitrogens with two attached hydrogens (primary N) is 1. The molecule has 1 aromatic rings. The normalized spacial score (nSPS) is 25.1. The number of hydrogen-bond acceptors (Lipinski definition) is 5. The van der Waals surface area contributed by atoms with Crippen LogP contribution in [0, 0.1) is 5.92 Å². The molecule has 0 amide bonds. The van der Waals surface area contributed by atoms with Crippen LogP contribution in [0.2, 0.25) is 0 Å². The minimum Gasteiger partial charge on any atom is -0.339 e. The maximum Gasteiger partial charge on any atom is 0.232 e. The summed E-state index contributed by atoms with van der Waals surface area (Å²) in [7, 11) is 0. The van der Waals surface area contributed by atoms with Crippen molar-refractivity contribution in [3.63, 3.8) is 0 Å². The molecule has 1 saturated heterocycles. The molecular weight excluding hydrogens is 264 g/mol. The van der Waals surface area contributed by atoms with Crippen molar-refractivity contribution in [3.8, 4) is 0 Å². The fraction of sp³-hybridized carbons (Fsp3) is 0.846. The lowest BCUT2D eigenvalue weighted by Gasteiger charge is -2.34. The third-order valence-corrected chi connectivity index (χ3v) is 3.53. The van der Waals surface area contributed by atoms with Gasteiger partial charge in [0.1, 0.15) is 0 Å². The topological polar surface area (TPSA) is 68.2 Å². The van der Waals surface area contributed by atoms with Crippen LogP contribution in [0.1, 0.15) is 45.8 Å². The van der Waals surface area contributed by atoms with Crippen molar-refractivity contribution in [2.75, 3.05) is 13.1 Å². The number of piperidine rings is 1. The highest BCUT2D eigenvalue weighted by Gasteiger charge is 2.26. The first-order valence-electron chi connectivity index (χ1n) is 6.67. The average molecular weight is 289 g/mol. The maximum absolute atomic E-state index is 6.02. The fourth-order valence-electron chi connectivity index (χ4n) is 2.22. The second-order valence-electron chi connectivity index (χ2n) is 6.43. The number of hydrogen-bond donors (Lipinski definition) is 1. The molecule has 110 valence electrons. The summed E-state index contributed by atoms with van der Waals surface area (Å²) in [6.07, 6.45) is 1.05. The van der Waals surface area contributed by atoms with Crippen molar-refractivity contribution < 1.29 is 4.52 Å². The molecule has 2 atom stereocenters. The van der Waals surface area contributed by atoms with Gasteiger partial charge in [0.15, 0.2) is 5.82 Å². The zero-order valence-corrected chi connectivity index (χ0v) is 13.0. The minimum absolute atomic E-state index is 0. The van der Waals surface area contributed by atoms with Crippen molar-refractivity contribution in [1.82, 2.24) is 15.0 Å². The molecule has 0 aliphatic carbocycles. The van der Waals surface area contributed by atoms with Crippen LogP contribution >= 0.6 is 12.4 Å². The number of likely N-dealkylation sites (tertiary alicyclic amines) is 1. The van der Waals surface area contributed by atoms with E-state index in [9.17, 15) is 0 Å². The summed E-state index contributed by atoms with van der Waals surface area (Å²) in [5.74, 6) is 2.02. The SMILES string of the molecule is CC1CN(Cc2noc(C(C)(C)C)n2)CCC1N.Cl. The van der Waals surface area contributed by atoms with Gasteiger partial charge >= 0.3 is 0 Å². The van der Waals surface area contributed by atoms with Crippen LogP contribution in [0.25, 0.3) is 0 Å². The molecular formula is C13H25ClN4O. The Morgan fingerprint density at radius 1 is 1.42 bits per heavy atom. The Balaban J connectivity index is 0.00000180. The highest BCUT2D eigenvalue weighted by atomic mass is 35.5. The molecule has 0 bridgehead atoms. The standard InChI is InChI=1S/C13H24N4O.ClH/c1-9-7-17(6-5-10(9)14)8-11-15-12(18-16-11)13(2,3)4;/h9-10H,5-8,14H2,1-4H3;1H. The van der Waals surface area contributed by atoms with E-state index < -0.39 is 0 Å². The van der Waals surface area contributed by atoms with Crippen molar-refractivity contribution in [2.24, 2.45) is 11.7 Å². The van der Waals surface area contributed by atoms with Crippen LogP contribution in [0.3, 0.4) is 0 Å². The molecule has 1 aliphatic rings. The van der Waals surface area contributed by atoms with E-state index in [4.69, 9.17) is 10.3 Å². The van der Waals surface area contributed by atoms with Gasteiger partial charge in [-0.2, -0.15) is 4.98 Å². The molecule has 1 aromatic heterocycles. The summed E-state index contributed by atoms with van der Waals surface area (Å²) in [5, 5.41) is 4.06. The van der Waals surface area contributed by atoms with E-state index in [1.807, 2.05) is 0 Å². The Morgan fingerprint density at radius 3 is 2.63 bits per heavy atom. The van der Waals surface area contributed by atoms with Crippen molar-refractivity contribution in [3.05, 3.63) is 11.7 Å². The Kier molecular flexibility index (Phi) is 5.35. The molecule has 0 saturated carbocycles. The molecule has 0 aromatic carbocycles. The van der Waals surface area contributed by atoms with Crippen LogP contribution in [0.4, 0.5) is 0 Å². The van der Waals surface area contributed by atoms with Crippen LogP contribution in [0.5, 0.6) is 0 Å². The van der Waals surface area contributed by atoms with Gasteiger partial charge in [0.2, 0.25) is 5.89 Å². The van der Waals surface area contributed by atoms with Gasteiger partial charge in [-0.1, -0.05) is 32.9 Å². The first-order chi connectivity index (χ1) is 8.36. The Hall–Kier alpha value is -0.650. The quantitative estimate of drug-likeness (QED) is 0.901. The summed E-state index contributed by atoms with van der Waals surface area (Å²) >= 11 is 0. The Morgan fingerprint density at radius 2 is 2.11 bits per heavy atom. The first kappa shape index (κ1) is 16.4. The molecule has 1 fully saturated rings. The second kappa shape index (κ2) is 6.20. The largest absolute Gasteiger partial charge is 0.339 e. The molecule has 2 heterocycles. The van der Waals surface area contributed by atoms with E-state index in [0.717, 1.165) is 31.9 Å². The predicted octanol–water partition coefficient (Wildman–Crippen LogP) is 1.96. The summed E-state index contributed by atoms with van der Waals surface area (Å²) in [6, 6.07) is 0.330. The molecule has 5 nitrogen and oxygen atoms in total. The van der Waals surface area contributed by atoms with Gasteiger partial charge in [0.25, 0.3) is 0 Å². The zero-order valence-electron chi connectivity index (χ0n) is 12.2. The van der Waals surface area contributed by atoms with E-state index in [1.165, 1.54) is 0 Å². The lowest BCUT2D eigenvalue weighted by molar-refractivity contribution is 0.153. The smallest absolute Gasteiger partial charge is 0.232 e.